The van der Waals surface area contributed by atoms with Gasteiger partial charge in [-0.05, 0) is 35.9 Å². The average Bonchev–Trinajstić information content (AvgIpc) is 2.41. The Morgan fingerprint density at radius 3 is 2.72 bits per heavy atom. The molecule has 1 N–H and O–H groups in total. The Balaban J connectivity index is 2.26. The number of aliphatic hydroxyl groups excluding tert-OH is 1. The van der Waals surface area contributed by atoms with Crippen LogP contribution >= 0.6 is 11.6 Å². The van der Waals surface area contributed by atoms with Crippen molar-refractivity contribution < 1.29 is 9.84 Å². The number of rotatable bonds is 3. The molecule has 0 aliphatic heterocycles. The Morgan fingerprint density at radius 1 is 1.22 bits per heavy atom. The Hall–Kier alpha value is -2.02. The Bertz CT molecular complexity index is 605. The van der Waals surface area contributed by atoms with Crippen LogP contribution in [0.5, 0.6) is 11.5 Å². The number of hydrogen-bond acceptors (Lipinski definition) is 3. The topological polar surface area (TPSA) is 53.2 Å². The molecular weight excluding hydrogens is 250 g/mol. The number of halogens is 1. The molecule has 0 amide bonds. The monoisotopic (exact) mass is 259 g/mol. The summed E-state index contributed by atoms with van der Waals surface area (Å²) in [6, 6.07) is 13.9. The zero-order valence-electron chi connectivity index (χ0n) is 9.43. The lowest BCUT2D eigenvalue weighted by molar-refractivity contribution is 0.281. The Morgan fingerprint density at radius 2 is 2.06 bits per heavy atom. The SMILES string of the molecule is N#Cc1ccc(Oc2cccc(CO)c2)c(Cl)c1. The van der Waals surface area contributed by atoms with Gasteiger partial charge in [-0.15, -0.1) is 0 Å². The molecule has 0 spiro atoms. The number of nitrogens with zero attached hydrogens (tertiary/aromatic N) is 1. The van der Waals surface area contributed by atoms with Crippen LogP contribution in [0, 0.1) is 11.3 Å². The van der Waals surface area contributed by atoms with Crippen LogP contribution in [0.1, 0.15) is 11.1 Å². The first-order chi connectivity index (χ1) is 8.72. The molecule has 0 bridgehead atoms. The highest BCUT2D eigenvalue weighted by Gasteiger charge is 2.05. The van der Waals surface area contributed by atoms with Crippen molar-refractivity contribution in [2.24, 2.45) is 0 Å². The van der Waals surface area contributed by atoms with E-state index in [1.807, 2.05) is 6.07 Å². The lowest BCUT2D eigenvalue weighted by Crippen LogP contribution is -1.88. The van der Waals surface area contributed by atoms with E-state index in [1.54, 1.807) is 42.5 Å². The van der Waals surface area contributed by atoms with E-state index in [4.69, 9.17) is 26.7 Å². The minimum absolute atomic E-state index is 0.0434. The maximum Gasteiger partial charge on any atom is 0.146 e. The summed E-state index contributed by atoms with van der Waals surface area (Å²) in [6.07, 6.45) is 0. The van der Waals surface area contributed by atoms with E-state index in [0.29, 0.717) is 22.1 Å². The van der Waals surface area contributed by atoms with Crippen molar-refractivity contribution in [1.29, 1.82) is 5.26 Å². The lowest BCUT2D eigenvalue weighted by Gasteiger charge is -2.08. The fourth-order valence-corrected chi connectivity index (χ4v) is 1.71. The molecule has 0 unspecified atom stereocenters. The van der Waals surface area contributed by atoms with Crippen LogP contribution < -0.4 is 4.74 Å². The second kappa shape index (κ2) is 5.54. The average molecular weight is 260 g/mol. The van der Waals surface area contributed by atoms with Gasteiger partial charge in [-0.3, -0.25) is 0 Å². The molecule has 0 heterocycles. The first-order valence-electron chi connectivity index (χ1n) is 5.30. The predicted molar refractivity (Wildman–Crippen MR) is 68.6 cm³/mol. The molecule has 2 aromatic carbocycles. The van der Waals surface area contributed by atoms with Gasteiger partial charge in [0.25, 0.3) is 0 Å². The first-order valence-corrected chi connectivity index (χ1v) is 5.68. The van der Waals surface area contributed by atoms with Gasteiger partial charge in [0.2, 0.25) is 0 Å². The fourth-order valence-electron chi connectivity index (χ4n) is 1.49. The summed E-state index contributed by atoms with van der Waals surface area (Å²) in [7, 11) is 0. The zero-order chi connectivity index (χ0) is 13.0. The summed E-state index contributed by atoms with van der Waals surface area (Å²) in [5.74, 6) is 1.07. The molecular formula is C14H10ClNO2. The van der Waals surface area contributed by atoms with Crippen molar-refractivity contribution in [1.82, 2.24) is 0 Å². The third kappa shape index (κ3) is 2.80. The van der Waals surface area contributed by atoms with E-state index in [1.165, 1.54) is 0 Å². The van der Waals surface area contributed by atoms with Crippen molar-refractivity contribution in [2.75, 3.05) is 0 Å². The van der Waals surface area contributed by atoms with Crippen molar-refractivity contribution in [3.8, 4) is 17.6 Å². The number of aliphatic hydroxyl groups is 1. The van der Waals surface area contributed by atoms with Crippen LogP contribution in [0.25, 0.3) is 0 Å². The van der Waals surface area contributed by atoms with Gasteiger partial charge in [0.05, 0.1) is 23.3 Å². The molecule has 0 fully saturated rings. The molecule has 2 aromatic rings. The third-order valence-corrected chi connectivity index (χ3v) is 2.67. The van der Waals surface area contributed by atoms with Crippen LogP contribution in [0.4, 0.5) is 0 Å². The third-order valence-electron chi connectivity index (χ3n) is 2.37. The van der Waals surface area contributed by atoms with Crippen LogP contribution in [0.3, 0.4) is 0 Å². The highest BCUT2D eigenvalue weighted by atomic mass is 35.5. The van der Waals surface area contributed by atoms with Crippen molar-refractivity contribution in [3.63, 3.8) is 0 Å². The Kier molecular flexibility index (Phi) is 3.83. The quantitative estimate of drug-likeness (QED) is 0.918. The van der Waals surface area contributed by atoms with E-state index in [2.05, 4.69) is 0 Å². The molecule has 0 aromatic heterocycles. The molecule has 0 saturated heterocycles. The molecule has 3 nitrogen and oxygen atoms in total. The smallest absolute Gasteiger partial charge is 0.146 e. The largest absolute Gasteiger partial charge is 0.456 e. The van der Waals surface area contributed by atoms with Crippen molar-refractivity contribution in [3.05, 3.63) is 58.6 Å². The summed E-state index contributed by atoms with van der Waals surface area (Å²) < 4.78 is 5.60. The van der Waals surface area contributed by atoms with E-state index in [9.17, 15) is 0 Å². The summed E-state index contributed by atoms with van der Waals surface area (Å²) in [4.78, 5) is 0. The first kappa shape index (κ1) is 12.4. The molecule has 2 rings (SSSR count). The summed E-state index contributed by atoms with van der Waals surface area (Å²) in [6.45, 7) is -0.0434. The van der Waals surface area contributed by atoms with Crippen LogP contribution in [0.2, 0.25) is 5.02 Å². The maximum absolute atomic E-state index is 9.03. The Labute approximate surface area is 110 Å². The van der Waals surface area contributed by atoms with Gasteiger partial charge in [-0.1, -0.05) is 23.7 Å². The van der Waals surface area contributed by atoms with Gasteiger partial charge in [-0.2, -0.15) is 5.26 Å². The normalized spacial score (nSPS) is 9.83. The van der Waals surface area contributed by atoms with Gasteiger partial charge in [0.15, 0.2) is 0 Å². The van der Waals surface area contributed by atoms with E-state index in [0.717, 1.165) is 5.56 Å². The second-order valence-corrected chi connectivity index (χ2v) is 4.07. The standard InChI is InChI=1S/C14H10ClNO2/c15-13-7-10(8-16)4-5-14(13)18-12-3-1-2-11(6-12)9-17/h1-7,17H,9H2. The summed E-state index contributed by atoms with van der Waals surface area (Å²) in [5, 5.41) is 18.1. The number of nitriles is 1. The second-order valence-electron chi connectivity index (χ2n) is 3.66. The summed E-state index contributed by atoms with van der Waals surface area (Å²) >= 11 is 6.01. The fraction of sp³-hybridized carbons (Fsp3) is 0.0714. The van der Waals surface area contributed by atoms with Crippen LogP contribution in [0.15, 0.2) is 42.5 Å². The van der Waals surface area contributed by atoms with Gasteiger partial charge in [0.1, 0.15) is 11.5 Å². The van der Waals surface area contributed by atoms with E-state index in [-0.39, 0.29) is 6.61 Å². The molecule has 90 valence electrons. The molecule has 0 atom stereocenters. The van der Waals surface area contributed by atoms with E-state index >= 15 is 0 Å². The van der Waals surface area contributed by atoms with Gasteiger partial charge in [-0.25, -0.2) is 0 Å². The molecule has 0 aliphatic carbocycles. The van der Waals surface area contributed by atoms with Gasteiger partial charge >= 0.3 is 0 Å². The zero-order valence-corrected chi connectivity index (χ0v) is 10.2. The number of benzene rings is 2. The number of ether oxygens (including phenoxy) is 1. The van der Waals surface area contributed by atoms with Crippen LogP contribution in [-0.4, -0.2) is 5.11 Å². The minimum atomic E-state index is -0.0434. The van der Waals surface area contributed by atoms with Gasteiger partial charge < -0.3 is 9.84 Å². The summed E-state index contributed by atoms with van der Waals surface area (Å²) in [5.41, 5.74) is 1.24. The molecule has 4 heteroatoms. The van der Waals surface area contributed by atoms with Crippen molar-refractivity contribution in [2.45, 2.75) is 6.61 Å². The molecule has 0 radical (unpaired) electrons. The molecule has 0 aliphatic rings. The number of hydrogen-bond donors (Lipinski definition) is 1. The highest BCUT2D eigenvalue weighted by molar-refractivity contribution is 6.32. The van der Waals surface area contributed by atoms with Gasteiger partial charge in [0, 0.05) is 0 Å². The highest BCUT2D eigenvalue weighted by Crippen LogP contribution is 2.30. The maximum atomic E-state index is 9.03. The minimum Gasteiger partial charge on any atom is -0.456 e. The predicted octanol–water partition coefficient (Wildman–Crippen LogP) is 3.50. The van der Waals surface area contributed by atoms with Crippen LogP contribution in [-0.2, 0) is 6.61 Å². The molecule has 0 saturated carbocycles. The van der Waals surface area contributed by atoms with E-state index < -0.39 is 0 Å². The molecule has 18 heavy (non-hydrogen) atoms. The van der Waals surface area contributed by atoms with Crippen molar-refractivity contribution >= 4 is 11.6 Å². The lowest BCUT2D eigenvalue weighted by atomic mass is 10.2.